The fourth-order valence-electron chi connectivity index (χ4n) is 5.78. The third kappa shape index (κ3) is 35.3. The Bertz CT molecular complexity index is 647. The van der Waals surface area contributed by atoms with E-state index in [1.54, 1.807) is 0 Å². The molecule has 0 aromatic heterocycles. The van der Waals surface area contributed by atoms with Crippen molar-refractivity contribution in [3.8, 4) is 0 Å². The van der Waals surface area contributed by atoms with Gasteiger partial charge in [0.25, 0.3) is 0 Å². The van der Waals surface area contributed by atoms with Gasteiger partial charge in [-0.25, -0.2) is 0 Å². The number of hydrogen-bond acceptors (Lipinski definition) is 5. The van der Waals surface area contributed by atoms with Crippen LogP contribution in [0.25, 0.3) is 0 Å². The lowest BCUT2D eigenvalue weighted by atomic mass is 10.0. The summed E-state index contributed by atoms with van der Waals surface area (Å²) < 4.78 is 10.6. The number of ether oxygens (including phenoxy) is 2. The summed E-state index contributed by atoms with van der Waals surface area (Å²) >= 11 is 0. The predicted octanol–water partition coefficient (Wildman–Crippen LogP) is 12.1. The molecule has 0 heterocycles. The van der Waals surface area contributed by atoms with Crippen molar-refractivity contribution in [3.63, 3.8) is 0 Å². The molecule has 0 rings (SSSR count). The lowest BCUT2D eigenvalue weighted by Gasteiger charge is -2.15. The lowest BCUT2D eigenvalue weighted by molar-refractivity contribution is -0.161. The van der Waals surface area contributed by atoms with Crippen LogP contribution in [0.2, 0.25) is 0 Å². The van der Waals surface area contributed by atoms with Crippen molar-refractivity contribution in [2.75, 3.05) is 13.2 Å². The van der Waals surface area contributed by atoms with Crippen molar-refractivity contribution < 1.29 is 24.2 Å². The molecule has 5 nitrogen and oxygen atoms in total. The van der Waals surface area contributed by atoms with Gasteiger partial charge in [0.2, 0.25) is 0 Å². The number of carbonyl (C=O) groups is 2. The highest BCUT2D eigenvalue weighted by atomic mass is 16.6. The number of aliphatic hydroxyl groups excluding tert-OH is 1. The van der Waals surface area contributed by atoms with Gasteiger partial charge in [0.05, 0.1) is 6.61 Å². The number of carbonyl (C=O) groups excluding carboxylic acids is 2. The maximum absolute atomic E-state index is 12.1. The maximum atomic E-state index is 12.1. The minimum Gasteiger partial charge on any atom is -0.462 e. The van der Waals surface area contributed by atoms with E-state index >= 15 is 0 Å². The van der Waals surface area contributed by atoms with Crippen molar-refractivity contribution in [1.82, 2.24) is 0 Å². The Morgan fingerprint density at radius 1 is 0.489 bits per heavy atom. The normalized spacial score (nSPS) is 12.2. The van der Waals surface area contributed by atoms with Crippen LogP contribution in [0.5, 0.6) is 0 Å². The van der Waals surface area contributed by atoms with Crippen LogP contribution in [0.3, 0.4) is 0 Å². The first-order chi connectivity index (χ1) is 22.1. The molecule has 0 amide bonds. The zero-order chi connectivity index (χ0) is 32.9. The lowest BCUT2D eigenvalue weighted by Crippen LogP contribution is -2.28. The number of allylic oxidation sites excluding steroid dienone is 2. The van der Waals surface area contributed by atoms with Gasteiger partial charge in [-0.2, -0.15) is 0 Å². The number of aliphatic hydroxyl groups is 1. The van der Waals surface area contributed by atoms with E-state index in [4.69, 9.17) is 9.47 Å². The molecule has 0 radical (unpaired) electrons. The first-order valence-electron chi connectivity index (χ1n) is 19.7. The van der Waals surface area contributed by atoms with Crippen molar-refractivity contribution >= 4 is 11.9 Å². The highest BCUT2D eigenvalue weighted by Gasteiger charge is 2.16. The molecule has 0 aromatic carbocycles. The summed E-state index contributed by atoms with van der Waals surface area (Å²) in [7, 11) is 0. The smallest absolute Gasteiger partial charge is 0.306 e. The van der Waals surface area contributed by atoms with E-state index in [9.17, 15) is 14.7 Å². The summed E-state index contributed by atoms with van der Waals surface area (Å²) in [5.74, 6) is -0.591. The van der Waals surface area contributed by atoms with E-state index in [1.165, 1.54) is 148 Å². The Labute approximate surface area is 280 Å². The molecule has 0 saturated heterocycles. The van der Waals surface area contributed by atoms with Crippen molar-refractivity contribution in [2.45, 2.75) is 219 Å². The highest BCUT2D eigenvalue weighted by Crippen LogP contribution is 2.15. The van der Waals surface area contributed by atoms with E-state index in [1.807, 2.05) is 0 Å². The number of unbranched alkanes of at least 4 members (excludes halogenated alkanes) is 26. The molecule has 1 N–H and O–H groups in total. The monoisotopic (exact) mass is 637 g/mol. The SMILES string of the molecule is CCCCCC/C=C\CCCCCCCC(=O)OC(CO)COC(=O)CCCCCCCCCCCCCCCCCCCC. The third-order valence-electron chi connectivity index (χ3n) is 8.81. The summed E-state index contributed by atoms with van der Waals surface area (Å²) in [6.07, 6.45) is 41.3. The second-order valence-electron chi connectivity index (χ2n) is 13.4. The van der Waals surface area contributed by atoms with E-state index in [2.05, 4.69) is 26.0 Å². The predicted molar refractivity (Wildman–Crippen MR) is 192 cm³/mol. The molecule has 0 aromatic rings. The maximum Gasteiger partial charge on any atom is 0.306 e. The first kappa shape index (κ1) is 43.6. The van der Waals surface area contributed by atoms with Gasteiger partial charge >= 0.3 is 11.9 Å². The molecule has 1 atom stereocenters. The Morgan fingerprint density at radius 2 is 0.822 bits per heavy atom. The van der Waals surface area contributed by atoms with E-state index in [0.29, 0.717) is 12.8 Å². The second-order valence-corrected chi connectivity index (χ2v) is 13.4. The molecular formula is C40H76O5. The summed E-state index contributed by atoms with van der Waals surface area (Å²) in [5.41, 5.74) is 0. The molecule has 45 heavy (non-hydrogen) atoms. The standard InChI is InChI=1S/C40H76O5/c1-3-5-7-9-11-13-15-17-18-19-20-21-23-24-26-28-30-32-34-39(42)44-37-38(36-41)45-40(43)35-33-31-29-27-25-22-16-14-12-10-8-6-4-2/h14,16,38,41H,3-13,15,17-37H2,1-2H3/b16-14-. The molecule has 0 fully saturated rings. The highest BCUT2D eigenvalue weighted by molar-refractivity contribution is 5.70. The van der Waals surface area contributed by atoms with Gasteiger partial charge in [-0.05, 0) is 38.5 Å². The molecule has 5 heteroatoms. The number of hydrogen-bond donors (Lipinski definition) is 1. The van der Waals surface area contributed by atoms with Crippen LogP contribution in [0.4, 0.5) is 0 Å². The average molecular weight is 637 g/mol. The molecule has 0 aliphatic rings. The summed E-state index contributed by atoms with van der Waals surface area (Å²) in [6.45, 7) is 4.13. The largest absolute Gasteiger partial charge is 0.462 e. The number of esters is 2. The van der Waals surface area contributed by atoms with Crippen LogP contribution < -0.4 is 0 Å². The Hall–Kier alpha value is -1.36. The molecule has 0 spiro atoms. The van der Waals surface area contributed by atoms with Crippen LogP contribution in [-0.2, 0) is 19.1 Å². The fourth-order valence-corrected chi connectivity index (χ4v) is 5.78. The van der Waals surface area contributed by atoms with Crippen LogP contribution in [-0.4, -0.2) is 36.4 Å². The van der Waals surface area contributed by atoms with Crippen molar-refractivity contribution in [1.29, 1.82) is 0 Å². The van der Waals surface area contributed by atoms with Crippen LogP contribution in [0, 0.1) is 0 Å². The van der Waals surface area contributed by atoms with Crippen LogP contribution in [0.1, 0.15) is 213 Å². The zero-order valence-electron chi connectivity index (χ0n) is 30.1. The quantitative estimate of drug-likeness (QED) is 0.0421. The number of rotatable bonds is 36. The van der Waals surface area contributed by atoms with Gasteiger partial charge in [-0.15, -0.1) is 0 Å². The van der Waals surface area contributed by atoms with Crippen molar-refractivity contribution in [2.24, 2.45) is 0 Å². The van der Waals surface area contributed by atoms with Gasteiger partial charge in [-0.1, -0.05) is 174 Å². The minimum absolute atomic E-state index is 0.0633. The Kier molecular flexibility index (Phi) is 36.0. The zero-order valence-corrected chi connectivity index (χ0v) is 30.1. The molecular weight excluding hydrogens is 560 g/mol. The summed E-state index contributed by atoms with van der Waals surface area (Å²) in [5, 5.41) is 9.54. The molecule has 0 aliphatic heterocycles. The fraction of sp³-hybridized carbons (Fsp3) is 0.900. The molecule has 0 bridgehead atoms. The summed E-state index contributed by atoms with van der Waals surface area (Å²) in [6, 6.07) is 0. The second kappa shape index (κ2) is 37.1. The van der Waals surface area contributed by atoms with Gasteiger partial charge in [0.1, 0.15) is 6.61 Å². The molecule has 1 unspecified atom stereocenters. The van der Waals surface area contributed by atoms with Crippen molar-refractivity contribution in [3.05, 3.63) is 12.2 Å². The summed E-state index contributed by atoms with van der Waals surface area (Å²) in [4.78, 5) is 24.2. The Morgan fingerprint density at radius 3 is 1.22 bits per heavy atom. The molecule has 0 saturated carbocycles. The van der Waals surface area contributed by atoms with Crippen LogP contribution >= 0.6 is 0 Å². The molecule has 0 aliphatic carbocycles. The van der Waals surface area contributed by atoms with Crippen LogP contribution in [0.15, 0.2) is 12.2 Å². The Balaban J connectivity index is 3.50. The topological polar surface area (TPSA) is 72.8 Å². The molecule has 266 valence electrons. The average Bonchev–Trinajstić information content (AvgIpc) is 3.04. The minimum atomic E-state index is -0.768. The first-order valence-corrected chi connectivity index (χ1v) is 19.7. The van der Waals surface area contributed by atoms with E-state index in [0.717, 1.165) is 38.5 Å². The van der Waals surface area contributed by atoms with E-state index in [-0.39, 0.29) is 25.2 Å². The van der Waals surface area contributed by atoms with E-state index < -0.39 is 6.10 Å². The van der Waals surface area contributed by atoms with Gasteiger partial charge in [-0.3, -0.25) is 9.59 Å². The van der Waals surface area contributed by atoms with Gasteiger partial charge in [0, 0.05) is 12.8 Å². The van der Waals surface area contributed by atoms with Gasteiger partial charge < -0.3 is 14.6 Å². The van der Waals surface area contributed by atoms with Gasteiger partial charge in [0.15, 0.2) is 6.10 Å². The third-order valence-corrected chi connectivity index (χ3v) is 8.81.